The van der Waals surface area contributed by atoms with Gasteiger partial charge in [0.1, 0.15) is 24.6 Å². The van der Waals surface area contributed by atoms with Crippen LogP contribution in [0.2, 0.25) is 0 Å². The fourth-order valence-corrected chi connectivity index (χ4v) is 4.75. The maximum atomic E-state index is 12.9. The number of carbonyl (C=O) groups is 1. The molecule has 1 unspecified atom stereocenters. The molecule has 1 aromatic rings. The number of ether oxygens (including phenoxy) is 3. The van der Waals surface area contributed by atoms with Crippen LogP contribution in [0.4, 0.5) is 13.2 Å². The van der Waals surface area contributed by atoms with Crippen LogP contribution < -0.4 is 4.74 Å². The molecule has 1 saturated heterocycles. The van der Waals surface area contributed by atoms with Crippen LogP contribution >= 0.6 is 0 Å². The van der Waals surface area contributed by atoms with Gasteiger partial charge in [-0.1, -0.05) is 18.2 Å². The summed E-state index contributed by atoms with van der Waals surface area (Å²) in [4.78, 5) is 11.6. The maximum Gasteiger partial charge on any atom is 0.416 e. The Morgan fingerprint density at radius 1 is 1.22 bits per heavy atom. The molecule has 3 rings (SSSR count). The largest absolute Gasteiger partial charge is 0.491 e. The van der Waals surface area contributed by atoms with Crippen LogP contribution in [-0.4, -0.2) is 64.5 Å². The lowest BCUT2D eigenvalue weighted by molar-refractivity contribution is -0.147. The number of benzene rings is 1. The molecule has 1 saturated carbocycles. The van der Waals surface area contributed by atoms with Crippen molar-refractivity contribution in [1.82, 2.24) is 0 Å². The SMILES string of the molecule is CC(C)OC(=O)CCC/C=C/C[C@@H]1[C@@H]([C@@H]2OC2[C@@H](O)COc2cccc(C(F)(F)F)c2)[C@H](O)C[C@@H]1O. The molecule has 1 aliphatic heterocycles. The Morgan fingerprint density at radius 3 is 2.67 bits per heavy atom. The number of hydrogen-bond donors (Lipinski definition) is 3. The smallest absolute Gasteiger partial charge is 0.416 e. The van der Waals surface area contributed by atoms with Crippen LogP contribution in [0.25, 0.3) is 0 Å². The standard InChI is InChI=1S/C26H35F3O7/c1-15(2)35-22(33)11-6-4-3-5-10-18-19(30)13-20(31)23(18)25-24(36-25)21(32)14-34-17-9-7-8-16(12-17)26(27,28)29/h3,5,7-9,12,15,18-21,23-25,30-32H,4,6,10-11,13-14H2,1-2H3/b5-3+/t18-,19-,20+,21-,23+,24?,25-/m0/s1. The third-order valence-electron chi connectivity index (χ3n) is 6.51. The van der Waals surface area contributed by atoms with E-state index >= 15 is 0 Å². The summed E-state index contributed by atoms with van der Waals surface area (Å²) in [6, 6.07) is 4.41. The van der Waals surface area contributed by atoms with Crippen LogP contribution in [0, 0.1) is 11.8 Å². The molecule has 0 aromatic heterocycles. The molecule has 0 bridgehead atoms. The number of rotatable bonds is 12. The van der Waals surface area contributed by atoms with Crippen molar-refractivity contribution in [2.75, 3.05) is 6.61 Å². The van der Waals surface area contributed by atoms with E-state index in [1.165, 1.54) is 12.1 Å². The number of esters is 1. The third-order valence-corrected chi connectivity index (χ3v) is 6.51. The molecular formula is C26H35F3O7. The average Bonchev–Trinajstić information content (AvgIpc) is 3.52. The van der Waals surface area contributed by atoms with Gasteiger partial charge in [-0.25, -0.2) is 0 Å². The monoisotopic (exact) mass is 516 g/mol. The highest BCUT2D eigenvalue weighted by molar-refractivity contribution is 5.69. The zero-order valence-corrected chi connectivity index (χ0v) is 20.4. The lowest BCUT2D eigenvalue weighted by atomic mass is 9.86. The fraction of sp³-hybridized carbons (Fsp3) is 0.654. The van der Waals surface area contributed by atoms with E-state index in [-0.39, 0.29) is 42.7 Å². The Balaban J connectivity index is 1.46. The van der Waals surface area contributed by atoms with Gasteiger partial charge in [-0.05, 0) is 63.6 Å². The molecule has 2 fully saturated rings. The first-order valence-electron chi connectivity index (χ1n) is 12.3. The van der Waals surface area contributed by atoms with E-state index in [0.29, 0.717) is 25.7 Å². The number of aliphatic hydroxyl groups excluding tert-OH is 3. The van der Waals surface area contributed by atoms with Gasteiger partial charge in [-0.2, -0.15) is 13.2 Å². The van der Waals surface area contributed by atoms with Crippen LogP contribution in [0.1, 0.15) is 51.5 Å². The zero-order chi connectivity index (χ0) is 26.5. The highest BCUT2D eigenvalue weighted by Crippen LogP contribution is 2.46. The lowest BCUT2D eigenvalue weighted by Crippen LogP contribution is -2.32. The summed E-state index contributed by atoms with van der Waals surface area (Å²) in [7, 11) is 0. The Hall–Kier alpha value is -2.14. The minimum atomic E-state index is -4.49. The molecular weight excluding hydrogens is 481 g/mol. The average molecular weight is 517 g/mol. The van der Waals surface area contributed by atoms with E-state index in [4.69, 9.17) is 14.2 Å². The first-order chi connectivity index (χ1) is 17.0. The first-order valence-corrected chi connectivity index (χ1v) is 12.3. The van der Waals surface area contributed by atoms with Crippen LogP contribution in [0.5, 0.6) is 5.75 Å². The number of epoxide rings is 1. The van der Waals surface area contributed by atoms with E-state index in [2.05, 4.69) is 0 Å². The van der Waals surface area contributed by atoms with E-state index in [1.807, 2.05) is 12.2 Å². The summed E-state index contributed by atoms with van der Waals surface area (Å²) in [6.45, 7) is 3.33. The third kappa shape index (κ3) is 7.93. The molecule has 0 spiro atoms. The van der Waals surface area contributed by atoms with E-state index in [0.717, 1.165) is 12.1 Å². The van der Waals surface area contributed by atoms with Gasteiger partial charge in [0.15, 0.2) is 0 Å². The van der Waals surface area contributed by atoms with Crippen molar-refractivity contribution >= 4 is 5.97 Å². The van der Waals surface area contributed by atoms with Crippen molar-refractivity contribution in [2.24, 2.45) is 11.8 Å². The van der Waals surface area contributed by atoms with E-state index in [9.17, 15) is 33.3 Å². The maximum absolute atomic E-state index is 12.9. The second kappa shape index (κ2) is 12.4. The Labute approximate surface area is 208 Å². The molecule has 1 aromatic carbocycles. The van der Waals surface area contributed by atoms with Gasteiger partial charge in [0.05, 0.1) is 30.0 Å². The van der Waals surface area contributed by atoms with Crippen molar-refractivity contribution < 1.29 is 47.5 Å². The van der Waals surface area contributed by atoms with Crippen molar-refractivity contribution in [3.8, 4) is 5.75 Å². The van der Waals surface area contributed by atoms with Crippen LogP contribution in [0.15, 0.2) is 36.4 Å². The summed E-state index contributed by atoms with van der Waals surface area (Å²) >= 11 is 0. The molecule has 1 aliphatic carbocycles. The molecule has 3 N–H and O–H groups in total. The number of hydrogen-bond acceptors (Lipinski definition) is 7. The van der Waals surface area contributed by atoms with Crippen molar-refractivity contribution in [3.05, 3.63) is 42.0 Å². The van der Waals surface area contributed by atoms with E-state index < -0.39 is 42.3 Å². The Morgan fingerprint density at radius 2 is 1.97 bits per heavy atom. The molecule has 202 valence electrons. The summed E-state index contributed by atoms with van der Waals surface area (Å²) in [5.74, 6) is -0.911. The normalized spacial score (nSPS) is 29.0. The predicted molar refractivity (Wildman–Crippen MR) is 124 cm³/mol. The quantitative estimate of drug-likeness (QED) is 0.168. The molecule has 1 heterocycles. The molecule has 10 heteroatoms. The number of allylic oxidation sites excluding steroid dienone is 2. The van der Waals surface area contributed by atoms with Gasteiger partial charge in [-0.3, -0.25) is 4.79 Å². The second-order valence-electron chi connectivity index (χ2n) is 9.72. The van der Waals surface area contributed by atoms with Gasteiger partial charge in [0, 0.05) is 12.3 Å². The summed E-state index contributed by atoms with van der Waals surface area (Å²) in [6.07, 6.45) is -2.18. The minimum Gasteiger partial charge on any atom is -0.491 e. The molecule has 7 atom stereocenters. The number of halogens is 3. The predicted octanol–water partition coefficient (Wildman–Crippen LogP) is 3.64. The van der Waals surface area contributed by atoms with Crippen molar-refractivity contribution in [3.63, 3.8) is 0 Å². The van der Waals surface area contributed by atoms with Gasteiger partial charge in [-0.15, -0.1) is 0 Å². The molecule has 7 nitrogen and oxygen atoms in total. The second-order valence-corrected chi connectivity index (χ2v) is 9.72. The van der Waals surface area contributed by atoms with Gasteiger partial charge in [0.25, 0.3) is 0 Å². The van der Waals surface area contributed by atoms with Crippen LogP contribution in [0.3, 0.4) is 0 Å². The van der Waals surface area contributed by atoms with E-state index in [1.54, 1.807) is 13.8 Å². The topological polar surface area (TPSA) is 109 Å². The summed E-state index contributed by atoms with van der Waals surface area (Å²) in [5.41, 5.74) is -0.843. The fourth-order valence-electron chi connectivity index (χ4n) is 4.75. The Bertz CT molecular complexity index is 889. The summed E-state index contributed by atoms with van der Waals surface area (Å²) < 4.78 is 54.7. The van der Waals surface area contributed by atoms with Gasteiger partial charge >= 0.3 is 12.1 Å². The molecule has 2 aliphatic rings. The van der Waals surface area contributed by atoms with Crippen molar-refractivity contribution in [1.29, 1.82) is 0 Å². The number of carbonyl (C=O) groups excluding carboxylic acids is 1. The summed E-state index contributed by atoms with van der Waals surface area (Å²) in [5, 5.41) is 31.4. The molecule has 0 amide bonds. The van der Waals surface area contributed by atoms with Gasteiger partial charge < -0.3 is 29.5 Å². The number of aliphatic hydroxyl groups is 3. The molecule has 36 heavy (non-hydrogen) atoms. The van der Waals surface area contributed by atoms with Crippen LogP contribution in [-0.2, 0) is 20.4 Å². The lowest BCUT2D eigenvalue weighted by Gasteiger charge is -2.21. The highest BCUT2D eigenvalue weighted by atomic mass is 19.4. The number of alkyl halides is 3. The number of unbranched alkanes of at least 4 members (excludes halogenated alkanes) is 1. The first kappa shape index (κ1) is 28.4. The Kier molecular flexibility index (Phi) is 9.79. The minimum absolute atomic E-state index is 0.0159. The van der Waals surface area contributed by atoms with Crippen molar-refractivity contribution in [2.45, 2.75) is 88.8 Å². The highest BCUT2D eigenvalue weighted by Gasteiger charge is 2.57. The van der Waals surface area contributed by atoms with Gasteiger partial charge in [0.2, 0.25) is 0 Å². The zero-order valence-electron chi connectivity index (χ0n) is 20.4. The molecule has 0 radical (unpaired) electrons.